The first-order valence-corrected chi connectivity index (χ1v) is 8.70. The molecule has 0 atom stereocenters. The zero-order chi connectivity index (χ0) is 14.9. The molecule has 0 aromatic carbocycles. The molecule has 0 unspecified atom stereocenters. The van der Waals surface area contributed by atoms with Gasteiger partial charge in [-0.1, -0.05) is 12.8 Å². The van der Waals surface area contributed by atoms with Crippen molar-refractivity contribution in [2.24, 2.45) is 5.73 Å². The molecule has 114 valence electrons. The molecule has 2 rings (SSSR count). The third-order valence-electron chi connectivity index (χ3n) is 4.19. The highest BCUT2D eigenvalue weighted by Gasteiger charge is 2.31. The van der Waals surface area contributed by atoms with Gasteiger partial charge in [-0.05, 0) is 32.8 Å². The lowest BCUT2D eigenvalue weighted by Gasteiger charge is -2.23. The van der Waals surface area contributed by atoms with Crippen LogP contribution in [0.25, 0.3) is 0 Å². The summed E-state index contributed by atoms with van der Waals surface area (Å²) in [6.07, 6.45) is 5.87. The minimum atomic E-state index is -3.41. The number of aromatic nitrogens is 1. The molecule has 6 heteroatoms. The van der Waals surface area contributed by atoms with Crippen molar-refractivity contribution in [1.29, 1.82) is 0 Å². The van der Waals surface area contributed by atoms with Gasteiger partial charge in [0.15, 0.2) is 0 Å². The topological polar surface area (TPSA) is 68.3 Å². The van der Waals surface area contributed by atoms with Gasteiger partial charge in [-0.25, -0.2) is 8.42 Å². The second kappa shape index (κ2) is 5.87. The zero-order valence-electron chi connectivity index (χ0n) is 12.5. The number of nitrogens with zero attached hydrogens (tertiary/aromatic N) is 2. The molecular weight excluding hydrogens is 274 g/mol. The van der Waals surface area contributed by atoms with E-state index in [0.29, 0.717) is 11.4 Å². The maximum absolute atomic E-state index is 12.7. The maximum Gasteiger partial charge on any atom is 0.244 e. The van der Waals surface area contributed by atoms with E-state index < -0.39 is 10.0 Å². The third kappa shape index (κ3) is 2.77. The Bertz CT molecular complexity index is 557. The zero-order valence-corrected chi connectivity index (χ0v) is 13.4. The van der Waals surface area contributed by atoms with Gasteiger partial charge in [0, 0.05) is 37.6 Å². The normalized spacial score (nSPS) is 17.5. The standard InChI is InChI=1S/C14H25N3O2S/c1-11(2)17-10-14(8-13(17)9-15)20(18,19)16(3)12-6-4-5-7-12/h8,10-12H,4-7,9,15H2,1-3H3. The van der Waals surface area contributed by atoms with Crippen LogP contribution in [0, 0.1) is 0 Å². The molecule has 20 heavy (non-hydrogen) atoms. The maximum atomic E-state index is 12.7. The number of hydrogen-bond donors (Lipinski definition) is 1. The Morgan fingerprint density at radius 2 is 2.00 bits per heavy atom. The van der Waals surface area contributed by atoms with E-state index in [1.54, 1.807) is 23.6 Å². The van der Waals surface area contributed by atoms with Crippen LogP contribution in [0.5, 0.6) is 0 Å². The van der Waals surface area contributed by atoms with Crippen molar-refractivity contribution in [3.63, 3.8) is 0 Å². The van der Waals surface area contributed by atoms with Crippen LogP contribution in [0.2, 0.25) is 0 Å². The highest BCUT2D eigenvalue weighted by molar-refractivity contribution is 7.89. The van der Waals surface area contributed by atoms with E-state index in [4.69, 9.17) is 5.73 Å². The van der Waals surface area contributed by atoms with Crippen LogP contribution >= 0.6 is 0 Å². The van der Waals surface area contributed by atoms with Gasteiger partial charge in [0.1, 0.15) is 4.90 Å². The fourth-order valence-electron chi connectivity index (χ4n) is 2.91. The van der Waals surface area contributed by atoms with Crippen molar-refractivity contribution < 1.29 is 8.42 Å². The molecule has 1 aromatic heterocycles. The molecule has 5 nitrogen and oxygen atoms in total. The second-order valence-corrected chi connectivity index (χ2v) is 7.83. The van der Waals surface area contributed by atoms with Crippen molar-refractivity contribution >= 4 is 10.0 Å². The van der Waals surface area contributed by atoms with Crippen molar-refractivity contribution in [3.05, 3.63) is 18.0 Å². The average Bonchev–Trinajstić information content (AvgIpc) is 3.06. The van der Waals surface area contributed by atoms with Gasteiger partial charge in [0.25, 0.3) is 0 Å². The summed E-state index contributed by atoms with van der Waals surface area (Å²) in [5.41, 5.74) is 6.57. The van der Waals surface area contributed by atoms with Crippen molar-refractivity contribution in [2.75, 3.05) is 7.05 Å². The van der Waals surface area contributed by atoms with E-state index in [1.165, 1.54) is 0 Å². The molecule has 0 aliphatic heterocycles. The molecule has 1 heterocycles. The Hall–Kier alpha value is -0.850. The fraction of sp³-hybridized carbons (Fsp3) is 0.714. The van der Waals surface area contributed by atoms with Crippen LogP contribution < -0.4 is 5.73 Å². The lowest BCUT2D eigenvalue weighted by Crippen LogP contribution is -2.35. The van der Waals surface area contributed by atoms with Crippen LogP contribution in [0.4, 0.5) is 0 Å². The highest BCUT2D eigenvalue weighted by Crippen LogP contribution is 2.28. The monoisotopic (exact) mass is 299 g/mol. The smallest absolute Gasteiger partial charge is 0.244 e. The van der Waals surface area contributed by atoms with Gasteiger partial charge in [-0.15, -0.1) is 0 Å². The molecule has 1 saturated carbocycles. The van der Waals surface area contributed by atoms with E-state index in [1.807, 2.05) is 18.4 Å². The predicted molar refractivity (Wildman–Crippen MR) is 79.9 cm³/mol. The summed E-state index contributed by atoms with van der Waals surface area (Å²) in [4.78, 5) is 0.362. The summed E-state index contributed by atoms with van der Waals surface area (Å²) in [6.45, 7) is 4.40. The molecule has 1 aliphatic rings. The highest BCUT2D eigenvalue weighted by atomic mass is 32.2. The molecule has 1 aromatic rings. The number of nitrogens with two attached hydrogens (primary N) is 1. The summed E-state index contributed by atoms with van der Waals surface area (Å²) in [5.74, 6) is 0. The van der Waals surface area contributed by atoms with E-state index in [0.717, 1.165) is 31.4 Å². The Balaban J connectivity index is 2.33. The van der Waals surface area contributed by atoms with Crippen LogP contribution in [-0.4, -0.2) is 30.4 Å². The molecule has 0 spiro atoms. The average molecular weight is 299 g/mol. The summed E-state index contributed by atoms with van der Waals surface area (Å²) < 4.78 is 28.9. The predicted octanol–water partition coefficient (Wildman–Crippen LogP) is 2.09. The fourth-order valence-corrected chi connectivity index (χ4v) is 4.38. The first-order chi connectivity index (χ1) is 9.37. The number of rotatable bonds is 5. The van der Waals surface area contributed by atoms with Crippen LogP contribution in [0.3, 0.4) is 0 Å². The van der Waals surface area contributed by atoms with Gasteiger partial charge in [-0.2, -0.15) is 4.31 Å². The van der Waals surface area contributed by atoms with Gasteiger partial charge < -0.3 is 10.3 Å². The Labute approximate surface area is 121 Å². The molecule has 0 saturated heterocycles. The molecule has 0 amide bonds. The minimum absolute atomic E-state index is 0.142. The van der Waals surface area contributed by atoms with Crippen LogP contribution in [0.15, 0.2) is 17.2 Å². The first kappa shape index (κ1) is 15.5. The largest absolute Gasteiger partial charge is 0.346 e. The second-order valence-electron chi connectivity index (χ2n) is 5.83. The molecular formula is C14H25N3O2S. The van der Waals surface area contributed by atoms with Crippen molar-refractivity contribution in [2.45, 2.75) is 63.1 Å². The lowest BCUT2D eigenvalue weighted by atomic mass is 10.3. The lowest BCUT2D eigenvalue weighted by molar-refractivity contribution is 0.373. The van der Waals surface area contributed by atoms with E-state index in [-0.39, 0.29) is 12.1 Å². The molecule has 2 N–H and O–H groups in total. The molecule has 1 aliphatic carbocycles. The van der Waals surface area contributed by atoms with Gasteiger partial charge in [0.2, 0.25) is 10.0 Å². The van der Waals surface area contributed by atoms with Crippen LogP contribution in [-0.2, 0) is 16.6 Å². The van der Waals surface area contributed by atoms with Gasteiger partial charge >= 0.3 is 0 Å². The van der Waals surface area contributed by atoms with E-state index in [2.05, 4.69) is 0 Å². The number of hydrogen-bond acceptors (Lipinski definition) is 3. The quantitative estimate of drug-likeness (QED) is 0.905. The summed E-state index contributed by atoms with van der Waals surface area (Å²) in [5, 5.41) is 0. The van der Waals surface area contributed by atoms with Crippen molar-refractivity contribution in [1.82, 2.24) is 8.87 Å². The summed E-state index contributed by atoms with van der Waals surface area (Å²) in [7, 11) is -1.72. The SMILES string of the molecule is CC(C)n1cc(S(=O)(=O)N(C)C2CCCC2)cc1CN. The van der Waals surface area contributed by atoms with Crippen molar-refractivity contribution in [3.8, 4) is 0 Å². The molecule has 0 radical (unpaired) electrons. The minimum Gasteiger partial charge on any atom is -0.346 e. The third-order valence-corrected chi connectivity index (χ3v) is 6.06. The molecule has 0 bridgehead atoms. The van der Waals surface area contributed by atoms with E-state index >= 15 is 0 Å². The van der Waals surface area contributed by atoms with Crippen LogP contribution in [0.1, 0.15) is 51.3 Å². The summed E-state index contributed by atoms with van der Waals surface area (Å²) >= 11 is 0. The van der Waals surface area contributed by atoms with Gasteiger partial charge in [0.05, 0.1) is 0 Å². The Kier molecular flexibility index (Phi) is 4.56. The first-order valence-electron chi connectivity index (χ1n) is 7.26. The Morgan fingerprint density at radius 3 is 2.45 bits per heavy atom. The molecule has 1 fully saturated rings. The summed E-state index contributed by atoms with van der Waals surface area (Å²) in [6, 6.07) is 2.05. The Morgan fingerprint density at radius 1 is 1.40 bits per heavy atom. The van der Waals surface area contributed by atoms with E-state index in [9.17, 15) is 8.42 Å². The van der Waals surface area contributed by atoms with Gasteiger partial charge in [-0.3, -0.25) is 0 Å². The number of sulfonamides is 1.